The standard InChI is InChI=1S/C42H45N11O8/c43-20-24-18-26-22-48-53(37(26)47-21-24)34-19-32(49-27-8-9-27)30(23-46-34)39(56)50-28-6-4-25(5-7-28)38(55)45-13-15-61-17-16-60-14-12-44-31-3-1-2-29-36(31)42(59)52(41(29)58)33-10-11-35(54)51-40(33)57/h1-3,18-19,21-23,25,27-28,33,44H,4-17H2,(H,45,55)(H,46,49)(H,50,56)(H,51,54,57)/t25-,28-,33?. The van der Waals surface area contributed by atoms with Crippen molar-refractivity contribution in [3.63, 3.8) is 0 Å². The fraction of sp³-hybridized carbons (Fsp3) is 0.429. The van der Waals surface area contributed by atoms with Crippen molar-refractivity contribution in [2.75, 3.05) is 50.2 Å². The van der Waals surface area contributed by atoms with Gasteiger partial charge < -0.3 is 30.7 Å². The Morgan fingerprint density at radius 3 is 2.38 bits per heavy atom. The summed E-state index contributed by atoms with van der Waals surface area (Å²) in [4.78, 5) is 86.5. The van der Waals surface area contributed by atoms with Gasteiger partial charge in [0.15, 0.2) is 11.5 Å². The molecule has 0 spiro atoms. The van der Waals surface area contributed by atoms with Crippen LogP contribution in [0.25, 0.3) is 16.9 Å². The molecule has 316 valence electrons. The number of amides is 6. The molecule has 8 rings (SSSR count). The molecule has 3 fully saturated rings. The molecule has 2 aliphatic heterocycles. The van der Waals surface area contributed by atoms with E-state index in [-0.39, 0.29) is 53.8 Å². The summed E-state index contributed by atoms with van der Waals surface area (Å²) < 4.78 is 12.9. The number of imide groups is 2. The second-order valence-corrected chi connectivity index (χ2v) is 15.5. The molecule has 0 radical (unpaired) electrons. The van der Waals surface area contributed by atoms with Gasteiger partial charge in [0, 0.05) is 67.0 Å². The van der Waals surface area contributed by atoms with Crippen molar-refractivity contribution < 1.29 is 38.2 Å². The molecule has 19 heteroatoms. The number of nitrogens with one attached hydrogen (secondary N) is 5. The second kappa shape index (κ2) is 18.2. The Labute approximate surface area is 349 Å². The second-order valence-electron chi connectivity index (χ2n) is 15.5. The summed E-state index contributed by atoms with van der Waals surface area (Å²) >= 11 is 0. The number of anilines is 2. The number of ether oxygens (including phenoxy) is 2. The number of aromatic nitrogens is 4. The Morgan fingerprint density at radius 2 is 1.62 bits per heavy atom. The van der Waals surface area contributed by atoms with Gasteiger partial charge in [-0.2, -0.15) is 15.0 Å². The normalized spacial score (nSPS) is 19.9. The van der Waals surface area contributed by atoms with Crippen LogP contribution in [0.5, 0.6) is 0 Å². The summed E-state index contributed by atoms with van der Waals surface area (Å²) in [5.74, 6) is -2.17. The van der Waals surface area contributed by atoms with E-state index in [1.807, 2.05) is 0 Å². The minimum atomic E-state index is -1.03. The Bertz CT molecular complexity index is 2420. The number of carbonyl (C=O) groups is 6. The van der Waals surface area contributed by atoms with E-state index < -0.39 is 29.7 Å². The van der Waals surface area contributed by atoms with E-state index in [9.17, 15) is 34.0 Å². The predicted octanol–water partition coefficient (Wildman–Crippen LogP) is 2.21. The number of carbonyl (C=O) groups excluding carboxylic acids is 6. The van der Waals surface area contributed by atoms with Crippen LogP contribution in [0.1, 0.15) is 88.0 Å². The minimum Gasteiger partial charge on any atom is -0.382 e. The Hall–Kier alpha value is -6.78. The molecule has 1 aromatic carbocycles. The number of benzene rings is 1. The predicted molar refractivity (Wildman–Crippen MR) is 217 cm³/mol. The summed E-state index contributed by atoms with van der Waals surface area (Å²) in [6.45, 7) is 1.92. The lowest BCUT2D eigenvalue weighted by atomic mass is 9.85. The van der Waals surface area contributed by atoms with Gasteiger partial charge in [0.1, 0.15) is 12.1 Å². The van der Waals surface area contributed by atoms with Gasteiger partial charge in [-0.25, -0.2) is 9.97 Å². The molecule has 4 aromatic rings. The quantitative estimate of drug-likeness (QED) is 0.0756. The monoisotopic (exact) mass is 831 g/mol. The number of rotatable bonds is 17. The van der Waals surface area contributed by atoms with Gasteiger partial charge in [-0.05, 0) is 63.1 Å². The van der Waals surface area contributed by atoms with Crippen LogP contribution >= 0.6 is 0 Å². The largest absolute Gasteiger partial charge is 0.382 e. The third-order valence-corrected chi connectivity index (χ3v) is 11.2. The lowest BCUT2D eigenvalue weighted by Gasteiger charge is -2.28. The molecule has 1 unspecified atom stereocenters. The molecule has 5 heterocycles. The van der Waals surface area contributed by atoms with Crippen molar-refractivity contribution in [3.8, 4) is 11.9 Å². The molecule has 1 saturated heterocycles. The fourth-order valence-electron chi connectivity index (χ4n) is 7.85. The number of pyridine rings is 2. The van der Waals surface area contributed by atoms with Crippen LogP contribution in [-0.4, -0.2) is 118 Å². The third-order valence-electron chi connectivity index (χ3n) is 11.2. The summed E-state index contributed by atoms with van der Waals surface area (Å²) in [5, 5.41) is 29.2. The highest BCUT2D eigenvalue weighted by atomic mass is 16.5. The summed E-state index contributed by atoms with van der Waals surface area (Å²) in [7, 11) is 0. The number of fused-ring (bicyclic) bond motifs is 2. The van der Waals surface area contributed by atoms with Gasteiger partial charge in [-0.15, -0.1) is 0 Å². The van der Waals surface area contributed by atoms with E-state index in [0.29, 0.717) is 105 Å². The Morgan fingerprint density at radius 1 is 0.852 bits per heavy atom. The zero-order valence-corrected chi connectivity index (χ0v) is 33.3. The molecule has 6 amide bonds. The topological polar surface area (TPSA) is 252 Å². The van der Waals surface area contributed by atoms with Gasteiger partial charge in [-0.3, -0.25) is 39.0 Å². The first-order valence-corrected chi connectivity index (χ1v) is 20.5. The molecule has 3 aromatic heterocycles. The van der Waals surface area contributed by atoms with E-state index in [1.54, 1.807) is 41.3 Å². The number of nitrogens with zero attached hydrogens (tertiary/aromatic N) is 6. The highest BCUT2D eigenvalue weighted by Gasteiger charge is 2.45. The molecule has 1 atom stereocenters. The smallest absolute Gasteiger partial charge is 0.264 e. The van der Waals surface area contributed by atoms with Crippen molar-refractivity contribution in [1.82, 2.24) is 40.6 Å². The summed E-state index contributed by atoms with van der Waals surface area (Å²) in [5.41, 5.74) is 2.92. The first-order chi connectivity index (χ1) is 29.7. The first kappa shape index (κ1) is 41.0. The summed E-state index contributed by atoms with van der Waals surface area (Å²) in [6.07, 6.45) is 9.45. The molecule has 19 nitrogen and oxygen atoms in total. The minimum absolute atomic E-state index is 0.0382. The number of hydrogen-bond donors (Lipinski definition) is 5. The lowest BCUT2D eigenvalue weighted by Crippen LogP contribution is -2.54. The SMILES string of the molecule is N#Cc1cnc2c(cnn2-c2cc(NC3CC3)c(C(=O)N[C@H]3CC[C@H](C(=O)NCCOCCOCCNc4cccc5c4C(=O)N(C4CCC(=O)NC4=O)C5=O)CC3)cn2)c1. The Kier molecular flexibility index (Phi) is 12.2. The van der Waals surface area contributed by atoms with Crippen LogP contribution < -0.4 is 26.6 Å². The fourth-order valence-corrected chi connectivity index (χ4v) is 7.85. The van der Waals surface area contributed by atoms with E-state index in [2.05, 4.69) is 47.7 Å². The number of nitriles is 1. The van der Waals surface area contributed by atoms with Crippen molar-refractivity contribution in [2.45, 2.75) is 69.5 Å². The maximum atomic E-state index is 13.5. The summed E-state index contributed by atoms with van der Waals surface area (Å²) in [6, 6.07) is 9.64. The van der Waals surface area contributed by atoms with Crippen molar-refractivity contribution in [2.24, 2.45) is 5.92 Å². The van der Waals surface area contributed by atoms with Gasteiger partial charge >= 0.3 is 0 Å². The Balaban J connectivity index is 0.712. The molecule has 2 aliphatic carbocycles. The van der Waals surface area contributed by atoms with Crippen LogP contribution in [0.4, 0.5) is 11.4 Å². The molecule has 5 N–H and O–H groups in total. The van der Waals surface area contributed by atoms with E-state index in [1.165, 1.54) is 12.3 Å². The van der Waals surface area contributed by atoms with Gasteiger partial charge in [0.05, 0.1) is 60.6 Å². The van der Waals surface area contributed by atoms with Crippen LogP contribution in [0, 0.1) is 17.2 Å². The van der Waals surface area contributed by atoms with Gasteiger partial charge in [0.2, 0.25) is 17.7 Å². The lowest BCUT2D eigenvalue weighted by molar-refractivity contribution is -0.136. The average Bonchev–Trinajstić information content (AvgIpc) is 3.92. The number of hydrogen-bond acceptors (Lipinski definition) is 14. The molecule has 0 bridgehead atoms. The number of piperidine rings is 1. The highest BCUT2D eigenvalue weighted by molar-refractivity contribution is 6.25. The van der Waals surface area contributed by atoms with Crippen LogP contribution in [0.15, 0.2) is 48.9 Å². The highest BCUT2D eigenvalue weighted by Crippen LogP contribution is 2.33. The van der Waals surface area contributed by atoms with Crippen molar-refractivity contribution in [1.29, 1.82) is 5.26 Å². The molecular weight excluding hydrogens is 787 g/mol. The van der Waals surface area contributed by atoms with Crippen LogP contribution in [0.3, 0.4) is 0 Å². The molecule has 61 heavy (non-hydrogen) atoms. The van der Waals surface area contributed by atoms with E-state index in [4.69, 9.17) is 9.47 Å². The first-order valence-electron chi connectivity index (χ1n) is 20.5. The van der Waals surface area contributed by atoms with Crippen molar-refractivity contribution >= 4 is 57.9 Å². The maximum absolute atomic E-state index is 13.5. The molecule has 2 saturated carbocycles. The zero-order valence-electron chi connectivity index (χ0n) is 33.3. The van der Waals surface area contributed by atoms with Crippen molar-refractivity contribution in [3.05, 3.63) is 71.2 Å². The van der Waals surface area contributed by atoms with E-state index >= 15 is 0 Å². The maximum Gasteiger partial charge on any atom is 0.264 e. The van der Waals surface area contributed by atoms with Gasteiger partial charge in [-0.1, -0.05) is 6.07 Å². The van der Waals surface area contributed by atoms with Crippen LogP contribution in [0.2, 0.25) is 0 Å². The third kappa shape index (κ3) is 9.20. The zero-order chi connectivity index (χ0) is 42.5. The molecular formula is C42H45N11O8. The molecule has 4 aliphatic rings. The van der Waals surface area contributed by atoms with E-state index in [0.717, 1.165) is 17.7 Å². The average molecular weight is 832 g/mol. The van der Waals surface area contributed by atoms with Crippen LogP contribution in [-0.2, 0) is 23.9 Å². The van der Waals surface area contributed by atoms with Gasteiger partial charge in [0.25, 0.3) is 17.7 Å².